The van der Waals surface area contributed by atoms with Gasteiger partial charge in [-0.05, 0) is 30.3 Å². The highest BCUT2D eigenvalue weighted by Crippen LogP contribution is 2.28. The summed E-state index contributed by atoms with van der Waals surface area (Å²) in [6, 6.07) is 12.3. The van der Waals surface area contributed by atoms with Crippen LogP contribution in [0, 0.1) is 0 Å². The van der Waals surface area contributed by atoms with Gasteiger partial charge in [-0.2, -0.15) is 0 Å². The smallest absolute Gasteiger partial charge is 0.250 e. The van der Waals surface area contributed by atoms with E-state index in [2.05, 4.69) is 10.3 Å². The highest BCUT2D eigenvalue weighted by atomic mass is 32.2. The van der Waals surface area contributed by atoms with Crippen LogP contribution in [0.15, 0.2) is 53.9 Å². The molecule has 0 bridgehead atoms. The van der Waals surface area contributed by atoms with Gasteiger partial charge < -0.3 is 9.47 Å². The number of ether oxygens (including phenoxy) is 2. The Labute approximate surface area is 191 Å². The number of methoxy groups -OCH3 is 2. The minimum atomic E-state index is -3.32. The van der Waals surface area contributed by atoms with Gasteiger partial charge in [0.2, 0.25) is 15.9 Å². The lowest BCUT2D eigenvalue weighted by molar-refractivity contribution is -0.111. The van der Waals surface area contributed by atoms with Crippen molar-refractivity contribution < 1.29 is 22.7 Å². The van der Waals surface area contributed by atoms with E-state index in [9.17, 15) is 13.2 Å². The zero-order chi connectivity index (χ0) is 23.3. The molecular formula is C22H23N3O5S2. The number of anilines is 2. The number of benzene rings is 2. The quantitative estimate of drug-likeness (QED) is 0.499. The SMILES string of the molecule is COc1ccc(/C=C/C(=O)Nc2nc(-c3ccc(N(C)S(C)(=O)=O)cc3)cs2)c(OC)c1. The molecular weight excluding hydrogens is 450 g/mol. The zero-order valence-electron chi connectivity index (χ0n) is 18.0. The molecule has 1 N–H and O–H groups in total. The minimum absolute atomic E-state index is 0.325. The zero-order valence-corrected chi connectivity index (χ0v) is 19.7. The van der Waals surface area contributed by atoms with Crippen molar-refractivity contribution in [2.75, 3.05) is 37.1 Å². The Morgan fingerprint density at radius 1 is 1.12 bits per heavy atom. The number of carbonyl (C=O) groups excluding carboxylic acids is 1. The summed E-state index contributed by atoms with van der Waals surface area (Å²) in [6.45, 7) is 0. The molecule has 168 valence electrons. The van der Waals surface area contributed by atoms with Crippen molar-refractivity contribution in [2.45, 2.75) is 0 Å². The molecule has 0 aliphatic carbocycles. The van der Waals surface area contributed by atoms with Crippen molar-refractivity contribution in [1.29, 1.82) is 0 Å². The Balaban J connectivity index is 1.67. The first kappa shape index (κ1) is 23.3. The lowest BCUT2D eigenvalue weighted by Gasteiger charge is -2.16. The van der Waals surface area contributed by atoms with Crippen molar-refractivity contribution in [3.05, 3.63) is 59.5 Å². The Bertz CT molecular complexity index is 1230. The summed E-state index contributed by atoms with van der Waals surface area (Å²) in [6.07, 6.45) is 4.20. The molecule has 0 aliphatic rings. The molecule has 10 heteroatoms. The minimum Gasteiger partial charge on any atom is -0.497 e. The van der Waals surface area contributed by atoms with Gasteiger partial charge in [-0.25, -0.2) is 13.4 Å². The van der Waals surface area contributed by atoms with Crippen LogP contribution >= 0.6 is 11.3 Å². The van der Waals surface area contributed by atoms with Crippen LogP contribution in [0.1, 0.15) is 5.56 Å². The van der Waals surface area contributed by atoms with Crippen molar-refractivity contribution in [2.24, 2.45) is 0 Å². The summed E-state index contributed by atoms with van der Waals surface area (Å²) < 4.78 is 35.0. The Morgan fingerprint density at radius 3 is 2.47 bits per heavy atom. The number of hydrogen-bond donors (Lipinski definition) is 1. The van der Waals surface area contributed by atoms with Gasteiger partial charge in [0.15, 0.2) is 5.13 Å². The van der Waals surface area contributed by atoms with Gasteiger partial charge in [0.05, 0.1) is 31.9 Å². The van der Waals surface area contributed by atoms with E-state index in [0.717, 1.165) is 17.4 Å². The fourth-order valence-electron chi connectivity index (χ4n) is 2.77. The molecule has 1 heterocycles. The topological polar surface area (TPSA) is 97.8 Å². The normalized spacial score (nSPS) is 11.4. The third-order valence-corrected chi connectivity index (χ3v) is 6.58. The molecule has 3 aromatic rings. The number of carbonyl (C=O) groups is 1. The van der Waals surface area contributed by atoms with E-state index >= 15 is 0 Å². The number of hydrogen-bond acceptors (Lipinski definition) is 7. The molecule has 0 unspecified atom stereocenters. The summed E-state index contributed by atoms with van der Waals surface area (Å²) in [5.41, 5.74) is 2.78. The van der Waals surface area contributed by atoms with E-state index < -0.39 is 10.0 Å². The lowest BCUT2D eigenvalue weighted by atomic mass is 10.1. The molecule has 0 saturated carbocycles. The van der Waals surface area contributed by atoms with E-state index in [1.807, 2.05) is 5.38 Å². The van der Waals surface area contributed by atoms with E-state index in [4.69, 9.17) is 9.47 Å². The van der Waals surface area contributed by atoms with Crippen LogP contribution in [0.25, 0.3) is 17.3 Å². The van der Waals surface area contributed by atoms with Crippen LogP contribution in [-0.2, 0) is 14.8 Å². The van der Waals surface area contributed by atoms with Gasteiger partial charge in [0.1, 0.15) is 11.5 Å². The molecule has 32 heavy (non-hydrogen) atoms. The molecule has 0 radical (unpaired) electrons. The molecule has 1 amide bonds. The molecule has 0 spiro atoms. The Kier molecular flexibility index (Phi) is 7.16. The van der Waals surface area contributed by atoms with Crippen molar-refractivity contribution in [3.8, 4) is 22.8 Å². The second-order valence-corrected chi connectivity index (χ2v) is 9.62. The summed E-state index contributed by atoms with van der Waals surface area (Å²) in [7, 11) is 1.29. The summed E-state index contributed by atoms with van der Waals surface area (Å²) in [5, 5.41) is 5.01. The number of thiazole rings is 1. The van der Waals surface area contributed by atoms with E-state index in [-0.39, 0.29) is 5.91 Å². The highest BCUT2D eigenvalue weighted by molar-refractivity contribution is 7.92. The van der Waals surface area contributed by atoms with Gasteiger partial charge in [-0.3, -0.25) is 14.4 Å². The van der Waals surface area contributed by atoms with Crippen LogP contribution in [0.2, 0.25) is 0 Å². The first-order chi connectivity index (χ1) is 15.2. The molecule has 8 nitrogen and oxygen atoms in total. The maximum Gasteiger partial charge on any atom is 0.250 e. The molecule has 2 aromatic carbocycles. The third-order valence-electron chi connectivity index (χ3n) is 4.61. The van der Waals surface area contributed by atoms with Crippen LogP contribution < -0.4 is 19.1 Å². The molecule has 1 aromatic heterocycles. The molecule has 3 rings (SSSR count). The van der Waals surface area contributed by atoms with Crippen molar-refractivity contribution >= 4 is 44.2 Å². The number of sulfonamides is 1. The van der Waals surface area contributed by atoms with Gasteiger partial charge in [-0.1, -0.05) is 12.1 Å². The molecule has 0 fully saturated rings. The number of amides is 1. The van der Waals surface area contributed by atoms with Crippen LogP contribution in [-0.4, -0.2) is 46.8 Å². The van der Waals surface area contributed by atoms with Crippen molar-refractivity contribution in [3.63, 3.8) is 0 Å². The second-order valence-electron chi connectivity index (χ2n) is 6.75. The largest absolute Gasteiger partial charge is 0.497 e. The maximum atomic E-state index is 12.3. The standard InChI is InChI=1S/C22H23N3O5S2/c1-25(32(4,27)28)17-9-5-15(6-10-17)19-14-31-22(23-19)24-21(26)12-8-16-7-11-18(29-2)13-20(16)30-3/h5-14H,1-4H3,(H,23,24,26)/b12-8+. The number of rotatable bonds is 8. The maximum absolute atomic E-state index is 12.3. The van der Waals surface area contributed by atoms with Crippen LogP contribution in [0.4, 0.5) is 10.8 Å². The van der Waals surface area contributed by atoms with Gasteiger partial charge >= 0.3 is 0 Å². The molecule has 0 atom stereocenters. The summed E-state index contributed by atoms with van der Waals surface area (Å²) in [4.78, 5) is 16.7. The number of aromatic nitrogens is 1. The van der Waals surface area contributed by atoms with Gasteiger partial charge in [0, 0.05) is 35.7 Å². The second kappa shape index (κ2) is 9.84. The summed E-state index contributed by atoms with van der Waals surface area (Å²) in [5.74, 6) is 0.929. The third kappa shape index (κ3) is 5.65. The predicted octanol–water partition coefficient (Wildman–Crippen LogP) is 3.88. The molecule has 0 saturated heterocycles. The van der Waals surface area contributed by atoms with E-state index in [1.54, 1.807) is 62.8 Å². The average Bonchev–Trinajstić information content (AvgIpc) is 3.24. The number of nitrogens with one attached hydrogen (secondary N) is 1. The summed E-state index contributed by atoms with van der Waals surface area (Å²) >= 11 is 1.30. The lowest BCUT2D eigenvalue weighted by Crippen LogP contribution is -2.24. The average molecular weight is 474 g/mol. The highest BCUT2D eigenvalue weighted by Gasteiger charge is 2.13. The Morgan fingerprint density at radius 2 is 1.84 bits per heavy atom. The van der Waals surface area contributed by atoms with E-state index in [0.29, 0.717) is 28.0 Å². The van der Waals surface area contributed by atoms with Crippen LogP contribution in [0.3, 0.4) is 0 Å². The predicted molar refractivity (Wildman–Crippen MR) is 128 cm³/mol. The first-order valence-electron chi connectivity index (χ1n) is 9.42. The monoisotopic (exact) mass is 473 g/mol. The molecule has 0 aliphatic heterocycles. The van der Waals surface area contributed by atoms with Gasteiger partial charge in [0.25, 0.3) is 0 Å². The van der Waals surface area contributed by atoms with Crippen molar-refractivity contribution in [1.82, 2.24) is 4.98 Å². The fourth-order valence-corrected chi connectivity index (χ4v) is 3.99. The van der Waals surface area contributed by atoms with Crippen LogP contribution in [0.5, 0.6) is 11.5 Å². The first-order valence-corrected chi connectivity index (χ1v) is 12.1. The van der Waals surface area contributed by atoms with E-state index in [1.165, 1.54) is 28.8 Å². The fraction of sp³-hybridized carbons (Fsp3) is 0.182. The van der Waals surface area contributed by atoms with Gasteiger partial charge in [-0.15, -0.1) is 11.3 Å². The Hall–Kier alpha value is -3.37. The number of nitrogens with zero attached hydrogens (tertiary/aromatic N) is 2.